The monoisotopic (exact) mass is 224 g/mol. The predicted molar refractivity (Wildman–Crippen MR) is 68.5 cm³/mol. The van der Waals surface area contributed by atoms with Crippen molar-refractivity contribution < 1.29 is 0 Å². The van der Waals surface area contributed by atoms with Gasteiger partial charge in [0.25, 0.3) is 0 Å². The van der Waals surface area contributed by atoms with Gasteiger partial charge < -0.3 is 0 Å². The topological polar surface area (TPSA) is 0 Å². The molecule has 1 rings (SSSR count). The third-order valence-corrected chi connectivity index (χ3v) is 3.91. The molecule has 0 aliphatic heterocycles. The lowest BCUT2D eigenvalue weighted by molar-refractivity contribution is 0.319. The zero-order chi connectivity index (χ0) is 11.1. The highest BCUT2D eigenvalue weighted by molar-refractivity contribution is 6.18. The first-order valence-electron chi connectivity index (χ1n) is 5.80. The summed E-state index contributed by atoms with van der Waals surface area (Å²) in [6.07, 6.45) is 4.81. The van der Waals surface area contributed by atoms with E-state index in [9.17, 15) is 0 Å². The van der Waals surface area contributed by atoms with E-state index in [0.717, 1.165) is 5.88 Å². The number of aryl methyl sites for hydroxylation is 1. The van der Waals surface area contributed by atoms with E-state index in [1.807, 2.05) is 0 Å². The minimum atomic E-state index is 0.330. The molecule has 0 aliphatic carbocycles. The van der Waals surface area contributed by atoms with Gasteiger partial charge in [0.05, 0.1) is 0 Å². The Morgan fingerprint density at radius 3 is 2.40 bits per heavy atom. The van der Waals surface area contributed by atoms with Gasteiger partial charge in [-0.1, -0.05) is 44.2 Å². The Morgan fingerprint density at radius 2 is 1.87 bits per heavy atom. The maximum Gasteiger partial charge on any atom is 0.0277 e. The number of halogens is 1. The summed E-state index contributed by atoms with van der Waals surface area (Å²) in [6.45, 7) is 4.51. The standard InChI is InChI=1S/C14H21Cl/c1-3-14(2,12-15)11-7-10-13-8-5-4-6-9-13/h4-6,8-9H,3,7,10-12H2,1-2H3. The summed E-state index contributed by atoms with van der Waals surface area (Å²) in [5.41, 5.74) is 1.77. The van der Waals surface area contributed by atoms with E-state index in [2.05, 4.69) is 44.2 Å². The number of benzene rings is 1. The fraction of sp³-hybridized carbons (Fsp3) is 0.571. The molecule has 1 unspecified atom stereocenters. The van der Waals surface area contributed by atoms with Crippen molar-refractivity contribution in [3.8, 4) is 0 Å². The van der Waals surface area contributed by atoms with Crippen LogP contribution in [0.2, 0.25) is 0 Å². The molecule has 0 fully saturated rings. The Labute approximate surface area is 98.7 Å². The molecule has 0 saturated heterocycles. The van der Waals surface area contributed by atoms with Crippen molar-refractivity contribution in [3.63, 3.8) is 0 Å². The lowest BCUT2D eigenvalue weighted by Gasteiger charge is -2.25. The van der Waals surface area contributed by atoms with Gasteiger partial charge in [0.2, 0.25) is 0 Å². The molecule has 0 aromatic heterocycles. The SMILES string of the molecule is CCC(C)(CCl)CCCc1ccccc1. The van der Waals surface area contributed by atoms with E-state index in [0.29, 0.717) is 5.41 Å². The van der Waals surface area contributed by atoms with Gasteiger partial charge in [0.15, 0.2) is 0 Å². The summed E-state index contributed by atoms with van der Waals surface area (Å²) < 4.78 is 0. The van der Waals surface area contributed by atoms with Gasteiger partial charge in [-0.05, 0) is 36.7 Å². The smallest absolute Gasteiger partial charge is 0.0277 e. The van der Waals surface area contributed by atoms with Crippen LogP contribution in [0.25, 0.3) is 0 Å². The van der Waals surface area contributed by atoms with Crippen molar-refractivity contribution in [2.24, 2.45) is 5.41 Å². The van der Waals surface area contributed by atoms with Crippen LogP contribution >= 0.6 is 11.6 Å². The van der Waals surface area contributed by atoms with Crippen LogP contribution in [0.5, 0.6) is 0 Å². The fourth-order valence-electron chi connectivity index (χ4n) is 1.70. The van der Waals surface area contributed by atoms with Crippen molar-refractivity contribution in [1.82, 2.24) is 0 Å². The molecule has 0 amide bonds. The van der Waals surface area contributed by atoms with Crippen LogP contribution in [-0.2, 0) is 6.42 Å². The molecule has 0 spiro atoms. The van der Waals surface area contributed by atoms with Crippen molar-refractivity contribution in [2.45, 2.75) is 39.5 Å². The van der Waals surface area contributed by atoms with Crippen LogP contribution in [0.3, 0.4) is 0 Å². The van der Waals surface area contributed by atoms with E-state index in [1.54, 1.807) is 0 Å². The quantitative estimate of drug-likeness (QED) is 0.617. The van der Waals surface area contributed by atoms with Crippen LogP contribution in [0, 0.1) is 5.41 Å². The summed E-state index contributed by atoms with van der Waals surface area (Å²) in [5.74, 6) is 0.776. The molecular weight excluding hydrogens is 204 g/mol. The number of hydrogen-bond acceptors (Lipinski definition) is 0. The van der Waals surface area contributed by atoms with Crippen LogP contribution < -0.4 is 0 Å². The van der Waals surface area contributed by atoms with Gasteiger partial charge in [-0.25, -0.2) is 0 Å². The van der Waals surface area contributed by atoms with E-state index in [1.165, 1.54) is 31.2 Å². The summed E-state index contributed by atoms with van der Waals surface area (Å²) in [5, 5.41) is 0. The average molecular weight is 225 g/mol. The van der Waals surface area contributed by atoms with E-state index in [4.69, 9.17) is 11.6 Å². The molecule has 84 valence electrons. The maximum atomic E-state index is 5.99. The lowest BCUT2D eigenvalue weighted by atomic mass is 9.84. The highest BCUT2D eigenvalue weighted by Crippen LogP contribution is 2.29. The molecule has 0 bridgehead atoms. The molecule has 0 radical (unpaired) electrons. The van der Waals surface area contributed by atoms with Gasteiger partial charge in [-0.2, -0.15) is 0 Å². The second-order valence-corrected chi connectivity index (χ2v) is 4.90. The predicted octanol–water partition coefficient (Wildman–Crippen LogP) is 4.66. The Bertz CT molecular complexity index is 262. The molecule has 1 heteroatoms. The van der Waals surface area contributed by atoms with E-state index >= 15 is 0 Å². The van der Waals surface area contributed by atoms with Crippen molar-refractivity contribution in [1.29, 1.82) is 0 Å². The van der Waals surface area contributed by atoms with E-state index in [-0.39, 0.29) is 0 Å². The van der Waals surface area contributed by atoms with Gasteiger partial charge in [-0.3, -0.25) is 0 Å². The summed E-state index contributed by atoms with van der Waals surface area (Å²) in [4.78, 5) is 0. The first-order chi connectivity index (χ1) is 7.20. The van der Waals surface area contributed by atoms with Crippen molar-refractivity contribution >= 4 is 11.6 Å². The molecule has 1 aromatic carbocycles. The Morgan fingerprint density at radius 1 is 1.20 bits per heavy atom. The van der Waals surface area contributed by atoms with Crippen molar-refractivity contribution in [3.05, 3.63) is 35.9 Å². The largest absolute Gasteiger partial charge is 0.126 e. The minimum Gasteiger partial charge on any atom is -0.126 e. The van der Waals surface area contributed by atoms with Crippen LogP contribution in [0.4, 0.5) is 0 Å². The molecule has 1 aromatic rings. The first-order valence-corrected chi connectivity index (χ1v) is 6.33. The van der Waals surface area contributed by atoms with Gasteiger partial charge in [0.1, 0.15) is 0 Å². The second-order valence-electron chi connectivity index (χ2n) is 4.64. The Kier molecular flexibility index (Phi) is 5.17. The summed E-state index contributed by atoms with van der Waals surface area (Å²) >= 11 is 5.99. The molecule has 1 atom stereocenters. The summed E-state index contributed by atoms with van der Waals surface area (Å²) in [6, 6.07) is 10.7. The molecule has 0 nitrogen and oxygen atoms in total. The highest BCUT2D eigenvalue weighted by atomic mass is 35.5. The zero-order valence-corrected chi connectivity index (χ0v) is 10.6. The van der Waals surface area contributed by atoms with E-state index < -0.39 is 0 Å². The van der Waals surface area contributed by atoms with Crippen LogP contribution in [0.15, 0.2) is 30.3 Å². The molecular formula is C14H21Cl. The maximum absolute atomic E-state index is 5.99. The number of rotatable bonds is 6. The molecule has 0 heterocycles. The van der Waals surface area contributed by atoms with Crippen LogP contribution in [-0.4, -0.2) is 5.88 Å². The fourth-order valence-corrected chi connectivity index (χ4v) is 2.02. The van der Waals surface area contributed by atoms with Crippen molar-refractivity contribution in [2.75, 3.05) is 5.88 Å². The highest BCUT2D eigenvalue weighted by Gasteiger charge is 2.19. The minimum absolute atomic E-state index is 0.330. The van der Waals surface area contributed by atoms with Gasteiger partial charge >= 0.3 is 0 Å². The Hall–Kier alpha value is -0.490. The third kappa shape index (κ3) is 4.25. The van der Waals surface area contributed by atoms with Crippen LogP contribution in [0.1, 0.15) is 38.7 Å². The third-order valence-electron chi connectivity index (χ3n) is 3.26. The molecule has 0 saturated carbocycles. The lowest BCUT2D eigenvalue weighted by Crippen LogP contribution is -2.17. The number of alkyl halides is 1. The Balaban J connectivity index is 2.33. The van der Waals surface area contributed by atoms with Gasteiger partial charge in [-0.15, -0.1) is 11.6 Å². The molecule has 15 heavy (non-hydrogen) atoms. The molecule has 0 N–H and O–H groups in total. The normalized spacial score (nSPS) is 14.9. The first kappa shape index (κ1) is 12.6. The number of hydrogen-bond donors (Lipinski definition) is 0. The van der Waals surface area contributed by atoms with Gasteiger partial charge in [0, 0.05) is 5.88 Å². The molecule has 0 aliphatic rings. The second kappa shape index (κ2) is 6.17. The zero-order valence-electron chi connectivity index (χ0n) is 9.80. The summed E-state index contributed by atoms with van der Waals surface area (Å²) in [7, 11) is 0. The average Bonchev–Trinajstić information content (AvgIpc) is 2.30.